The zero-order chi connectivity index (χ0) is 15.8. The van der Waals surface area contributed by atoms with Crippen molar-refractivity contribution in [3.8, 4) is 5.75 Å². The Balaban J connectivity index is 2.34. The van der Waals surface area contributed by atoms with Crippen LogP contribution >= 0.6 is 11.6 Å². The average molecular weight is 313 g/mol. The van der Waals surface area contributed by atoms with Crippen LogP contribution in [0.2, 0.25) is 5.02 Å². The molecule has 0 amide bonds. The van der Waals surface area contributed by atoms with Crippen molar-refractivity contribution in [1.82, 2.24) is 0 Å². The van der Waals surface area contributed by atoms with E-state index in [-0.39, 0.29) is 18.0 Å². The Morgan fingerprint density at radius 1 is 1.14 bits per heavy atom. The molecule has 1 heterocycles. The third kappa shape index (κ3) is 3.21. The van der Waals surface area contributed by atoms with Crippen LogP contribution in [0, 0.1) is 6.92 Å². The zero-order valence-electron chi connectivity index (χ0n) is 13.5. The van der Waals surface area contributed by atoms with Gasteiger partial charge in [-0.2, -0.15) is 0 Å². The van der Waals surface area contributed by atoms with Crippen molar-refractivity contribution in [2.45, 2.75) is 45.8 Å². The van der Waals surface area contributed by atoms with Crippen molar-refractivity contribution in [3.63, 3.8) is 0 Å². The molecule has 0 N–H and O–H groups in total. The first kappa shape index (κ1) is 16.6. The van der Waals surface area contributed by atoms with E-state index in [0.29, 0.717) is 10.8 Å². The molecule has 2 rings (SSSR count). The number of halogens is 1. The number of methoxy groups -OCH3 is 1. The zero-order valence-corrected chi connectivity index (χ0v) is 14.2. The Morgan fingerprint density at radius 2 is 1.71 bits per heavy atom. The van der Waals surface area contributed by atoms with E-state index in [4.69, 9.17) is 30.4 Å². The second-order valence-electron chi connectivity index (χ2n) is 6.26. The highest BCUT2D eigenvalue weighted by Gasteiger charge is 2.52. The van der Waals surface area contributed by atoms with Crippen LogP contribution in [0.4, 0.5) is 0 Å². The smallest absolute Gasteiger partial charge is 0.468 e. The Bertz CT molecular complexity index is 515. The summed E-state index contributed by atoms with van der Waals surface area (Å²) in [7, 11) is 1.11. The first-order valence-corrected chi connectivity index (χ1v) is 7.33. The Hall–Kier alpha value is -0.745. The summed E-state index contributed by atoms with van der Waals surface area (Å²) < 4.78 is 22.6. The Labute approximate surface area is 131 Å². The lowest BCUT2D eigenvalue weighted by Gasteiger charge is -2.32. The quantitative estimate of drug-likeness (QED) is 0.633. The van der Waals surface area contributed by atoms with Crippen LogP contribution < -0.4 is 10.2 Å². The molecule has 1 saturated heterocycles. The van der Waals surface area contributed by atoms with Crippen LogP contribution in [-0.2, 0) is 14.0 Å². The summed E-state index contributed by atoms with van der Waals surface area (Å²) in [5, 5.41) is 0.619. The molecule has 6 heteroatoms. The molecule has 1 aromatic rings. The Morgan fingerprint density at radius 3 is 2.24 bits per heavy atom. The van der Waals surface area contributed by atoms with Gasteiger partial charge in [0, 0.05) is 12.1 Å². The van der Waals surface area contributed by atoms with E-state index in [1.165, 1.54) is 0 Å². The number of benzene rings is 1. The van der Waals surface area contributed by atoms with Crippen molar-refractivity contribution < 1.29 is 18.8 Å². The monoisotopic (exact) mass is 312 g/mol. The van der Waals surface area contributed by atoms with Gasteiger partial charge in [0.05, 0.1) is 11.2 Å². The lowest BCUT2D eigenvalue weighted by atomic mass is 9.76. The summed E-state index contributed by atoms with van der Waals surface area (Å²) in [5.74, 6) is 0.636. The maximum atomic E-state index is 6.29. The van der Waals surface area contributed by atoms with Crippen molar-refractivity contribution in [2.75, 3.05) is 13.9 Å². The molecule has 1 aliphatic heterocycles. The molecule has 21 heavy (non-hydrogen) atoms. The van der Waals surface area contributed by atoms with Crippen LogP contribution in [0.25, 0.3) is 0 Å². The summed E-state index contributed by atoms with van der Waals surface area (Å²) in [6.45, 7) is 10.2. The lowest BCUT2D eigenvalue weighted by Crippen LogP contribution is -2.41. The van der Waals surface area contributed by atoms with E-state index in [9.17, 15) is 0 Å². The van der Waals surface area contributed by atoms with E-state index < -0.39 is 7.12 Å². The molecule has 4 nitrogen and oxygen atoms in total. The molecule has 1 fully saturated rings. The largest absolute Gasteiger partial charge is 0.495 e. The number of rotatable bonds is 4. The molecule has 0 aliphatic carbocycles. The summed E-state index contributed by atoms with van der Waals surface area (Å²) in [6.07, 6.45) is 0. The molecule has 0 atom stereocenters. The van der Waals surface area contributed by atoms with Gasteiger partial charge in [0.2, 0.25) is 0 Å². The molecular formula is C15H22BClO4. The van der Waals surface area contributed by atoms with Gasteiger partial charge in [0.25, 0.3) is 0 Å². The fourth-order valence-electron chi connectivity index (χ4n) is 2.10. The van der Waals surface area contributed by atoms with Gasteiger partial charge in [-0.05, 0) is 57.8 Å². The van der Waals surface area contributed by atoms with Gasteiger partial charge in [0.1, 0.15) is 5.75 Å². The maximum Gasteiger partial charge on any atom is 0.495 e. The highest BCUT2D eigenvalue weighted by atomic mass is 35.5. The van der Waals surface area contributed by atoms with E-state index in [0.717, 1.165) is 11.0 Å². The molecule has 1 aromatic carbocycles. The topological polar surface area (TPSA) is 36.9 Å². The standard InChI is InChI=1S/C15H22BClO4/c1-10-12(7-11(8-13(10)17)19-9-18-6)16-20-14(2,3)15(4,5)21-16/h7-8H,9H2,1-6H3. The van der Waals surface area contributed by atoms with Crippen molar-refractivity contribution in [3.05, 3.63) is 22.7 Å². The van der Waals surface area contributed by atoms with Crippen molar-refractivity contribution in [2.24, 2.45) is 0 Å². The van der Waals surface area contributed by atoms with Gasteiger partial charge in [-0.15, -0.1) is 0 Å². The second-order valence-corrected chi connectivity index (χ2v) is 6.67. The minimum absolute atomic E-state index is 0.169. The van der Waals surface area contributed by atoms with Gasteiger partial charge in [-0.25, -0.2) is 0 Å². The van der Waals surface area contributed by atoms with Gasteiger partial charge in [-0.1, -0.05) is 11.6 Å². The predicted octanol–water partition coefficient (Wildman–Crippen LogP) is 2.93. The first-order chi connectivity index (χ1) is 9.68. The highest BCUT2D eigenvalue weighted by Crippen LogP contribution is 2.37. The van der Waals surface area contributed by atoms with E-state index in [2.05, 4.69) is 0 Å². The van der Waals surface area contributed by atoms with Gasteiger partial charge >= 0.3 is 7.12 Å². The lowest BCUT2D eigenvalue weighted by molar-refractivity contribution is 0.00578. The number of hydrogen-bond donors (Lipinski definition) is 0. The van der Waals surface area contributed by atoms with Gasteiger partial charge in [-0.3, -0.25) is 0 Å². The highest BCUT2D eigenvalue weighted by molar-refractivity contribution is 6.63. The number of ether oxygens (including phenoxy) is 2. The molecule has 0 spiro atoms. The van der Waals surface area contributed by atoms with Crippen LogP contribution in [0.15, 0.2) is 12.1 Å². The minimum Gasteiger partial charge on any atom is -0.468 e. The predicted molar refractivity (Wildman–Crippen MR) is 84.4 cm³/mol. The fraction of sp³-hybridized carbons (Fsp3) is 0.600. The fourth-order valence-corrected chi connectivity index (χ4v) is 2.32. The SMILES string of the molecule is COCOc1cc(Cl)c(C)c(B2OC(C)(C)C(C)(C)O2)c1. The molecule has 0 saturated carbocycles. The van der Waals surface area contributed by atoms with E-state index in [1.807, 2.05) is 40.7 Å². The van der Waals surface area contributed by atoms with Crippen molar-refractivity contribution >= 4 is 24.2 Å². The van der Waals surface area contributed by atoms with E-state index >= 15 is 0 Å². The summed E-state index contributed by atoms with van der Waals surface area (Å²) in [5.41, 5.74) is 1.03. The summed E-state index contributed by atoms with van der Waals surface area (Å²) in [6, 6.07) is 3.66. The third-order valence-electron chi connectivity index (χ3n) is 4.21. The number of hydrogen-bond acceptors (Lipinski definition) is 4. The van der Waals surface area contributed by atoms with Crippen LogP contribution in [-0.4, -0.2) is 32.2 Å². The molecule has 0 aromatic heterocycles. The molecule has 116 valence electrons. The molecule has 0 bridgehead atoms. The molecule has 0 unspecified atom stereocenters. The van der Waals surface area contributed by atoms with Crippen LogP contribution in [0.3, 0.4) is 0 Å². The first-order valence-electron chi connectivity index (χ1n) is 6.95. The van der Waals surface area contributed by atoms with Crippen LogP contribution in [0.1, 0.15) is 33.3 Å². The maximum absolute atomic E-state index is 6.29. The summed E-state index contributed by atoms with van der Waals surface area (Å²) in [4.78, 5) is 0. The summed E-state index contributed by atoms with van der Waals surface area (Å²) >= 11 is 6.29. The third-order valence-corrected chi connectivity index (χ3v) is 4.60. The normalized spacial score (nSPS) is 19.9. The van der Waals surface area contributed by atoms with Gasteiger partial charge in [0.15, 0.2) is 6.79 Å². The second kappa shape index (κ2) is 5.80. The molecular weight excluding hydrogens is 290 g/mol. The molecule has 0 radical (unpaired) electrons. The average Bonchev–Trinajstić information content (AvgIpc) is 2.59. The van der Waals surface area contributed by atoms with Crippen LogP contribution in [0.5, 0.6) is 5.75 Å². The Kier molecular flexibility index (Phi) is 4.59. The van der Waals surface area contributed by atoms with E-state index in [1.54, 1.807) is 13.2 Å². The molecule has 1 aliphatic rings. The van der Waals surface area contributed by atoms with Gasteiger partial charge < -0.3 is 18.8 Å². The van der Waals surface area contributed by atoms with Crippen molar-refractivity contribution in [1.29, 1.82) is 0 Å². The minimum atomic E-state index is -0.460.